The lowest BCUT2D eigenvalue weighted by Crippen LogP contribution is -2.20. The molecule has 10 heteroatoms. The van der Waals surface area contributed by atoms with E-state index >= 15 is 0 Å². The number of rotatable bonds is 9. The second kappa shape index (κ2) is 11.0. The van der Waals surface area contributed by atoms with E-state index in [0.29, 0.717) is 38.9 Å². The third-order valence-corrected chi connectivity index (χ3v) is 5.64. The molecular formula is C23H21BrClN3O5. The summed E-state index contributed by atoms with van der Waals surface area (Å²) >= 11 is 9.55. The van der Waals surface area contributed by atoms with E-state index < -0.39 is 4.92 Å². The van der Waals surface area contributed by atoms with E-state index in [1.807, 2.05) is 19.1 Å². The summed E-state index contributed by atoms with van der Waals surface area (Å²) in [5, 5.41) is 17.4. The van der Waals surface area contributed by atoms with E-state index in [0.717, 1.165) is 11.1 Å². The summed E-state index contributed by atoms with van der Waals surface area (Å²) in [5.41, 5.74) is 2.96. The Bertz CT molecular complexity index is 1190. The zero-order valence-electron chi connectivity index (χ0n) is 17.9. The Hall–Kier alpha value is -3.30. The number of nitro groups is 1. The molecule has 0 aliphatic heterocycles. The van der Waals surface area contributed by atoms with Crippen molar-refractivity contribution in [3.05, 3.63) is 85.3 Å². The number of nitrogens with zero attached hydrogens (tertiary/aromatic N) is 1. The van der Waals surface area contributed by atoms with Gasteiger partial charge in [-0.1, -0.05) is 23.7 Å². The molecule has 0 spiro atoms. The smallest absolute Gasteiger partial charge is 0.271 e. The average Bonchev–Trinajstić information content (AvgIpc) is 2.79. The van der Waals surface area contributed by atoms with Gasteiger partial charge >= 0.3 is 0 Å². The van der Waals surface area contributed by atoms with Gasteiger partial charge in [0.1, 0.15) is 0 Å². The Balaban J connectivity index is 1.64. The minimum Gasteiger partial charge on any atom is -0.493 e. The number of carbonyl (C=O) groups excluding carboxylic acids is 1. The second-order valence-electron chi connectivity index (χ2n) is 7.07. The summed E-state index contributed by atoms with van der Waals surface area (Å²) in [7, 11) is 1.50. The molecule has 0 unspecified atom stereocenters. The summed E-state index contributed by atoms with van der Waals surface area (Å²) < 4.78 is 11.7. The number of benzene rings is 3. The number of methoxy groups -OCH3 is 1. The lowest BCUT2D eigenvalue weighted by atomic mass is 10.2. The fourth-order valence-corrected chi connectivity index (χ4v) is 3.74. The Kier molecular flexibility index (Phi) is 8.13. The van der Waals surface area contributed by atoms with Gasteiger partial charge < -0.3 is 20.1 Å². The monoisotopic (exact) mass is 533 g/mol. The van der Waals surface area contributed by atoms with Crippen LogP contribution < -0.4 is 20.1 Å². The average molecular weight is 535 g/mol. The molecule has 3 rings (SSSR count). The van der Waals surface area contributed by atoms with Gasteiger partial charge in [0.05, 0.1) is 16.5 Å². The van der Waals surface area contributed by atoms with Crippen molar-refractivity contribution in [3.8, 4) is 11.5 Å². The standard InChI is InChI=1S/C23H21BrClN3O5/c1-14-6-7-17(11-20(14)25)27-22(29)13-33-23-19(24)8-15(9-21(23)32-2)12-26-16-4-3-5-18(10-16)28(30)31/h3-11,26H,12-13H2,1-2H3,(H,27,29). The van der Waals surface area contributed by atoms with Gasteiger partial charge in [-0.3, -0.25) is 14.9 Å². The van der Waals surface area contributed by atoms with Crippen molar-refractivity contribution in [3.63, 3.8) is 0 Å². The van der Waals surface area contributed by atoms with Gasteiger partial charge in [-0.05, 0) is 64.3 Å². The number of halogens is 2. The van der Waals surface area contributed by atoms with Crippen LogP contribution in [0.3, 0.4) is 0 Å². The Labute approximate surface area is 204 Å². The van der Waals surface area contributed by atoms with Gasteiger partial charge in [-0.15, -0.1) is 0 Å². The van der Waals surface area contributed by atoms with Crippen LogP contribution in [0.5, 0.6) is 11.5 Å². The van der Waals surface area contributed by atoms with Crippen LogP contribution >= 0.6 is 27.5 Å². The van der Waals surface area contributed by atoms with Crippen molar-refractivity contribution in [1.29, 1.82) is 0 Å². The van der Waals surface area contributed by atoms with E-state index in [9.17, 15) is 14.9 Å². The zero-order valence-corrected chi connectivity index (χ0v) is 20.2. The van der Waals surface area contributed by atoms with Crippen molar-refractivity contribution in [2.75, 3.05) is 24.4 Å². The highest BCUT2D eigenvalue weighted by Gasteiger charge is 2.14. The van der Waals surface area contributed by atoms with E-state index in [1.54, 1.807) is 30.3 Å². The van der Waals surface area contributed by atoms with Crippen LogP contribution in [0, 0.1) is 17.0 Å². The molecule has 0 aliphatic rings. The number of ether oxygens (including phenoxy) is 2. The number of nitrogens with one attached hydrogen (secondary N) is 2. The van der Waals surface area contributed by atoms with Crippen molar-refractivity contribution in [1.82, 2.24) is 0 Å². The molecule has 0 aromatic heterocycles. The van der Waals surface area contributed by atoms with Crippen LogP contribution in [0.2, 0.25) is 5.02 Å². The topological polar surface area (TPSA) is 103 Å². The molecule has 3 aromatic rings. The number of non-ortho nitro benzene ring substituents is 1. The summed E-state index contributed by atoms with van der Waals surface area (Å²) in [5.74, 6) is 0.473. The molecule has 1 amide bonds. The molecule has 3 aromatic carbocycles. The highest BCUT2D eigenvalue weighted by Crippen LogP contribution is 2.37. The molecule has 8 nitrogen and oxygen atoms in total. The van der Waals surface area contributed by atoms with Crippen molar-refractivity contribution >= 4 is 50.5 Å². The van der Waals surface area contributed by atoms with Gasteiger partial charge in [-0.2, -0.15) is 0 Å². The van der Waals surface area contributed by atoms with E-state index in [1.165, 1.54) is 19.2 Å². The van der Waals surface area contributed by atoms with Gasteiger partial charge in [0.25, 0.3) is 11.6 Å². The van der Waals surface area contributed by atoms with Crippen LogP contribution in [0.15, 0.2) is 59.1 Å². The largest absolute Gasteiger partial charge is 0.493 e. The van der Waals surface area contributed by atoms with Crippen LogP contribution in [-0.2, 0) is 11.3 Å². The first-order chi connectivity index (χ1) is 15.8. The van der Waals surface area contributed by atoms with Gasteiger partial charge in [-0.25, -0.2) is 0 Å². The van der Waals surface area contributed by atoms with Crippen molar-refractivity contribution in [2.24, 2.45) is 0 Å². The van der Waals surface area contributed by atoms with Crippen LogP contribution in [0.1, 0.15) is 11.1 Å². The molecule has 0 saturated carbocycles. The van der Waals surface area contributed by atoms with Gasteiger partial charge in [0.2, 0.25) is 0 Å². The van der Waals surface area contributed by atoms with Crippen LogP contribution in [0.4, 0.5) is 17.1 Å². The first-order valence-corrected chi connectivity index (χ1v) is 11.0. The maximum Gasteiger partial charge on any atom is 0.271 e. The second-order valence-corrected chi connectivity index (χ2v) is 8.33. The number of nitro benzene ring substituents is 1. The lowest BCUT2D eigenvalue weighted by molar-refractivity contribution is -0.384. The number of anilines is 2. The van der Waals surface area contributed by atoms with Gasteiger partial charge in [0, 0.05) is 35.1 Å². The summed E-state index contributed by atoms with van der Waals surface area (Å²) in [6.45, 7) is 2.04. The molecule has 33 heavy (non-hydrogen) atoms. The molecule has 0 atom stereocenters. The normalized spacial score (nSPS) is 10.4. The fourth-order valence-electron chi connectivity index (χ4n) is 2.95. The number of aryl methyl sites for hydroxylation is 1. The van der Waals surface area contributed by atoms with E-state index in [4.69, 9.17) is 21.1 Å². The SMILES string of the molecule is COc1cc(CNc2cccc([N+](=O)[O-])c2)cc(Br)c1OCC(=O)Nc1ccc(C)c(Cl)c1. The molecule has 0 heterocycles. The lowest BCUT2D eigenvalue weighted by Gasteiger charge is -2.15. The third-order valence-electron chi connectivity index (χ3n) is 4.65. The summed E-state index contributed by atoms with van der Waals surface area (Å²) in [6, 6.07) is 15.1. The first kappa shape index (κ1) is 24.3. The molecular weight excluding hydrogens is 514 g/mol. The zero-order chi connectivity index (χ0) is 24.0. The molecule has 0 saturated heterocycles. The summed E-state index contributed by atoms with van der Waals surface area (Å²) in [4.78, 5) is 22.8. The maximum atomic E-state index is 12.3. The predicted octanol–water partition coefficient (Wildman–Crippen LogP) is 5.96. The quantitative estimate of drug-likeness (QED) is 0.259. The summed E-state index contributed by atoms with van der Waals surface area (Å²) in [6.07, 6.45) is 0. The fraction of sp³-hybridized carbons (Fsp3) is 0.174. The number of hydrogen-bond acceptors (Lipinski definition) is 6. The maximum absolute atomic E-state index is 12.3. The van der Waals surface area contributed by atoms with E-state index in [2.05, 4.69) is 26.6 Å². The minimum absolute atomic E-state index is 0.00805. The molecule has 0 aliphatic carbocycles. The molecule has 0 fully saturated rings. The molecule has 0 bridgehead atoms. The Morgan fingerprint density at radius 2 is 1.94 bits per heavy atom. The Morgan fingerprint density at radius 3 is 2.64 bits per heavy atom. The van der Waals surface area contributed by atoms with Gasteiger partial charge in [0.15, 0.2) is 18.1 Å². The molecule has 0 radical (unpaired) electrons. The Morgan fingerprint density at radius 1 is 1.15 bits per heavy atom. The number of hydrogen-bond donors (Lipinski definition) is 2. The van der Waals surface area contributed by atoms with Crippen LogP contribution in [0.25, 0.3) is 0 Å². The highest BCUT2D eigenvalue weighted by atomic mass is 79.9. The molecule has 2 N–H and O–H groups in total. The van der Waals surface area contributed by atoms with Crippen molar-refractivity contribution in [2.45, 2.75) is 13.5 Å². The first-order valence-electron chi connectivity index (χ1n) is 9.80. The third kappa shape index (κ3) is 6.59. The predicted molar refractivity (Wildman–Crippen MR) is 131 cm³/mol. The minimum atomic E-state index is -0.444. The number of carbonyl (C=O) groups is 1. The number of amides is 1. The van der Waals surface area contributed by atoms with Crippen molar-refractivity contribution < 1.29 is 19.2 Å². The highest BCUT2D eigenvalue weighted by molar-refractivity contribution is 9.10. The van der Waals surface area contributed by atoms with E-state index in [-0.39, 0.29) is 18.2 Å². The van der Waals surface area contributed by atoms with Crippen LogP contribution in [-0.4, -0.2) is 24.5 Å². The molecule has 172 valence electrons.